The van der Waals surface area contributed by atoms with Gasteiger partial charge >= 0.3 is 5.97 Å². The van der Waals surface area contributed by atoms with E-state index in [9.17, 15) is 15.0 Å². The van der Waals surface area contributed by atoms with E-state index in [0.29, 0.717) is 32.3 Å². The van der Waals surface area contributed by atoms with Gasteiger partial charge in [0.15, 0.2) is 0 Å². The second kappa shape index (κ2) is 8.79. The molecule has 154 valence electrons. The highest BCUT2D eigenvalue weighted by Crippen LogP contribution is 2.43. The van der Waals surface area contributed by atoms with Crippen LogP contribution in [0, 0.1) is 0 Å². The van der Waals surface area contributed by atoms with Gasteiger partial charge in [0, 0.05) is 14.5 Å². The van der Waals surface area contributed by atoms with E-state index in [0.717, 1.165) is 4.47 Å². The van der Waals surface area contributed by atoms with E-state index in [-0.39, 0.29) is 5.56 Å². The third-order valence-electron chi connectivity index (χ3n) is 5.26. The largest absolute Gasteiger partial charge is 0.478 e. The van der Waals surface area contributed by atoms with Crippen LogP contribution in [0.15, 0.2) is 106 Å². The van der Waals surface area contributed by atoms with Crippen LogP contribution >= 0.6 is 31.9 Å². The second-order valence-electron chi connectivity index (χ2n) is 7.13. The summed E-state index contributed by atoms with van der Waals surface area (Å²) in [6, 6.07) is 29.5. The summed E-state index contributed by atoms with van der Waals surface area (Å²) in [4.78, 5) is 12.0. The van der Waals surface area contributed by atoms with Crippen LogP contribution in [0.2, 0.25) is 0 Å². The van der Waals surface area contributed by atoms with Crippen LogP contribution in [0.5, 0.6) is 0 Å². The molecule has 0 aliphatic heterocycles. The molecule has 0 saturated heterocycles. The summed E-state index contributed by atoms with van der Waals surface area (Å²) in [5, 5.41) is 22.1. The summed E-state index contributed by atoms with van der Waals surface area (Å²) >= 11 is 6.89. The summed E-state index contributed by atoms with van der Waals surface area (Å²) in [5.74, 6) is -1.03. The SMILES string of the molecule is O=C(O)c1cc(Br)ccc1-c1ccc(Br)cc1C(O)(c1ccccc1)c1ccccc1. The number of halogens is 2. The van der Waals surface area contributed by atoms with Crippen molar-refractivity contribution in [1.82, 2.24) is 0 Å². The van der Waals surface area contributed by atoms with Crippen LogP contribution in [0.4, 0.5) is 0 Å². The molecule has 0 radical (unpaired) electrons. The molecule has 0 aliphatic rings. The Balaban J connectivity index is 2.08. The molecule has 4 rings (SSSR count). The molecular formula is C26H18Br2O3. The summed E-state index contributed by atoms with van der Waals surface area (Å²) in [6.45, 7) is 0. The molecule has 0 unspecified atom stereocenters. The maximum atomic E-state index is 12.3. The molecule has 4 aromatic carbocycles. The third kappa shape index (κ3) is 4.09. The van der Waals surface area contributed by atoms with Gasteiger partial charge in [0.25, 0.3) is 0 Å². The molecular weight excluding hydrogens is 520 g/mol. The Morgan fingerprint density at radius 2 is 1.16 bits per heavy atom. The Bertz CT molecular complexity index is 1200. The number of benzene rings is 4. The summed E-state index contributed by atoms with van der Waals surface area (Å²) in [6.07, 6.45) is 0. The van der Waals surface area contributed by atoms with E-state index in [1.54, 1.807) is 18.2 Å². The quantitative estimate of drug-likeness (QED) is 0.273. The number of aromatic carboxylic acids is 1. The number of carboxylic acids is 1. The van der Waals surface area contributed by atoms with Crippen LogP contribution in [0.3, 0.4) is 0 Å². The highest BCUT2D eigenvalue weighted by molar-refractivity contribution is 9.10. The van der Waals surface area contributed by atoms with Gasteiger partial charge in [-0.15, -0.1) is 0 Å². The van der Waals surface area contributed by atoms with Gasteiger partial charge in [0.2, 0.25) is 0 Å². The maximum absolute atomic E-state index is 12.3. The van der Waals surface area contributed by atoms with E-state index in [2.05, 4.69) is 31.9 Å². The lowest BCUT2D eigenvalue weighted by Gasteiger charge is -2.32. The minimum atomic E-state index is -1.50. The van der Waals surface area contributed by atoms with Gasteiger partial charge in [-0.2, -0.15) is 0 Å². The first-order valence-electron chi connectivity index (χ1n) is 9.58. The first-order chi connectivity index (χ1) is 14.9. The van der Waals surface area contributed by atoms with Crippen LogP contribution in [-0.2, 0) is 5.60 Å². The molecule has 0 bridgehead atoms. The average molecular weight is 538 g/mol. The molecule has 4 aromatic rings. The van der Waals surface area contributed by atoms with E-state index >= 15 is 0 Å². The Morgan fingerprint density at radius 1 is 0.677 bits per heavy atom. The smallest absolute Gasteiger partial charge is 0.336 e. The van der Waals surface area contributed by atoms with Crippen LogP contribution in [-0.4, -0.2) is 16.2 Å². The lowest BCUT2D eigenvalue weighted by Crippen LogP contribution is -2.29. The molecule has 0 aromatic heterocycles. The lowest BCUT2D eigenvalue weighted by molar-refractivity contribution is 0.0697. The number of hydrogen-bond donors (Lipinski definition) is 2. The molecule has 3 nitrogen and oxygen atoms in total. The summed E-state index contributed by atoms with van der Waals surface area (Å²) in [7, 11) is 0. The minimum Gasteiger partial charge on any atom is -0.478 e. The predicted molar refractivity (Wildman–Crippen MR) is 129 cm³/mol. The Hall–Kier alpha value is -2.73. The topological polar surface area (TPSA) is 57.5 Å². The van der Waals surface area contributed by atoms with Crippen molar-refractivity contribution in [2.75, 3.05) is 0 Å². The van der Waals surface area contributed by atoms with Gasteiger partial charge in [-0.3, -0.25) is 0 Å². The van der Waals surface area contributed by atoms with Crippen molar-refractivity contribution in [2.24, 2.45) is 0 Å². The van der Waals surface area contributed by atoms with Crippen molar-refractivity contribution in [3.8, 4) is 11.1 Å². The van der Waals surface area contributed by atoms with Gasteiger partial charge in [0.05, 0.1) is 5.56 Å². The molecule has 2 N–H and O–H groups in total. The van der Waals surface area contributed by atoms with Crippen molar-refractivity contribution >= 4 is 37.8 Å². The molecule has 0 atom stereocenters. The molecule has 0 aliphatic carbocycles. The van der Waals surface area contributed by atoms with Crippen LogP contribution in [0.25, 0.3) is 11.1 Å². The monoisotopic (exact) mass is 536 g/mol. The number of carboxylic acid groups (broad SMARTS) is 1. The van der Waals surface area contributed by atoms with E-state index in [1.807, 2.05) is 78.9 Å². The van der Waals surface area contributed by atoms with Crippen LogP contribution < -0.4 is 0 Å². The van der Waals surface area contributed by atoms with E-state index < -0.39 is 11.6 Å². The standard InChI is InChI=1S/C26H18Br2O3/c27-19-11-13-21(23(15-19)25(29)30)22-14-12-20(28)16-24(22)26(31,17-7-3-1-4-8-17)18-9-5-2-6-10-18/h1-16,31H,(H,29,30). The van der Waals surface area contributed by atoms with Gasteiger partial charge < -0.3 is 10.2 Å². The third-order valence-corrected chi connectivity index (χ3v) is 6.24. The molecule has 31 heavy (non-hydrogen) atoms. The van der Waals surface area contributed by atoms with Gasteiger partial charge in [-0.1, -0.05) is 105 Å². The van der Waals surface area contributed by atoms with E-state index in [4.69, 9.17) is 0 Å². The normalized spacial score (nSPS) is 11.3. The predicted octanol–water partition coefficient (Wildman–Crippen LogP) is 6.86. The fourth-order valence-corrected chi connectivity index (χ4v) is 4.54. The highest BCUT2D eigenvalue weighted by atomic mass is 79.9. The fraction of sp³-hybridized carbons (Fsp3) is 0.0385. The first kappa shape index (κ1) is 21.5. The van der Waals surface area contributed by atoms with Crippen molar-refractivity contribution in [3.63, 3.8) is 0 Å². The van der Waals surface area contributed by atoms with Crippen molar-refractivity contribution in [1.29, 1.82) is 0 Å². The highest BCUT2D eigenvalue weighted by Gasteiger charge is 2.36. The van der Waals surface area contributed by atoms with Crippen molar-refractivity contribution in [2.45, 2.75) is 5.60 Å². The molecule has 0 fully saturated rings. The van der Waals surface area contributed by atoms with Gasteiger partial charge in [-0.25, -0.2) is 4.79 Å². The Morgan fingerprint density at radius 3 is 1.68 bits per heavy atom. The maximum Gasteiger partial charge on any atom is 0.336 e. The molecule has 0 spiro atoms. The molecule has 0 heterocycles. The summed E-state index contributed by atoms with van der Waals surface area (Å²) < 4.78 is 1.46. The lowest BCUT2D eigenvalue weighted by atomic mass is 9.77. The van der Waals surface area contributed by atoms with Crippen LogP contribution in [0.1, 0.15) is 27.0 Å². The number of rotatable bonds is 5. The molecule has 0 amide bonds. The van der Waals surface area contributed by atoms with E-state index in [1.165, 1.54) is 0 Å². The number of aliphatic hydroxyl groups is 1. The molecule has 5 heteroatoms. The Labute approximate surface area is 197 Å². The molecule has 0 saturated carbocycles. The number of hydrogen-bond acceptors (Lipinski definition) is 2. The second-order valence-corrected chi connectivity index (χ2v) is 8.96. The van der Waals surface area contributed by atoms with Gasteiger partial charge in [-0.05, 0) is 46.5 Å². The average Bonchev–Trinajstić information content (AvgIpc) is 2.80. The number of carbonyl (C=O) groups is 1. The zero-order chi connectivity index (χ0) is 22.0. The minimum absolute atomic E-state index is 0.154. The van der Waals surface area contributed by atoms with Gasteiger partial charge in [0.1, 0.15) is 5.60 Å². The van der Waals surface area contributed by atoms with Crippen molar-refractivity contribution < 1.29 is 15.0 Å². The Kier molecular flexibility index (Phi) is 6.10. The zero-order valence-electron chi connectivity index (χ0n) is 16.3. The fourth-order valence-electron chi connectivity index (χ4n) is 3.82. The summed E-state index contributed by atoms with van der Waals surface area (Å²) in [5.41, 5.74) is 1.80. The van der Waals surface area contributed by atoms with Crippen molar-refractivity contribution in [3.05, 3.63) is 128 Å². The first-order valence-corrected chi connectivity index (χ1v) is 11.2. The zero-order valence-corrected chi connectivity index (χ0v) is 19.5.